The Morgan fingerprint density at radius 3 is 1.00 bits per heavy atom. The third-order valence-corrected chi connectivity index (χ3v) is 0. The van der Waals surface area contributed by atoms with E-state index in [9.17, 15) is 0 Å². The fourth-order valence-corrected chi connectivity index (χ4v) is 0. The summed E-state index contributed by atoms with van der Waals surface area (Å²) in [6.45, 7) is 0. The first-order valence-electron chi connectivity index (χ1n) is 0. The molecule has 54 valence electrons. The Hall–Kier alpha value is 5.42. The predicted molar refractivity (Wildman–Crippen MR) is 46.9 cm³/mol. The van der Waals surface area contributed by atoms with Crippen molar-refractivity contribution in [1.82, 2.24) is 0 Å². The minimum absolute atomic E-state index is 0. The van der Waals surface area contributed by atoms with Crippen molar-refractivity contribution in [2.75, 3.05) is 0 Å². The first-order chi connectivity index (χ1) is 0. The maximum absolute atomic E-state index is 0. The van der Waals surface area contributed by atoms with E-state index in [2.05, 4.69) is 0 Å². The molecule has 0 aliphatic rings. The van der Waals surface area contributed by atoms with Crippen LogP contribution in [0.4, 0.5) is 0 Å². The zero-order valence-corrected chi connectivity index (χ0v) is 15.4. The van der Waals surface area contributed by atoms with Gasteiger partial charge in [0.2, 0.25) is 0 Å². The number of rotatable bonds is 0. The van der Waals surface area contributed by atoms with Gasteiger partial charge in [0.05, 0.1) is 0 Å². The van der Waals surface area contributed by atoms with Crippen molar-refractivity contribution >= 4 is 116 Å². The fraction of sp³-hybridized carbons (Fsp3) is 0. The monoisotopic (exact) mass is 678 g/mol. The molecule has 0 aromatic rings. The molecular formula is H13AlBiCrCuInMgMnSn. The van der Waals surface area contributed by atoms with Gasteiger partial charge in [0.25, 0.3) is 0 Å². The van der Waals surface area contributed by atoms with Crippen molar-refractivity contribution < 1.29 is 51.5 Å². The molecule has 0 aliphatic carbocycles. The molecule has 0 atom stereocenters. The van der Waals surface area contributed by atoms with Gasteiger partial charge < -0.3 is 0 Å². The quantitative estimate of drug-likeness (QED) is 0.225. The Balaban J connectivity index is 0. The zero-order chi connectivity index (χ0) is 0. The van der Waals surface area contributed by atoms with Gasteiger partial charge in [0.1, 0.15) is 0 Å². The van der Waals surface area contributed by atoms with E-state index in [0.29, 0.717) is 0 Å². The molecule has 0 fully saturated rings. The van der Waals surface area contributed by atoms with Gasteiger partial charge in [-0.2, -0.15) is 0 Å². The second kappa shape index (κ2) is 55.1. The van der Waals surface area contributed by atoms with Crippen LogP contribution in [0.1, 0.15) is 0 Å². The van der Waals surface area contributed by atoms with E-state index in [1.165, 1.54) is 0 Å². The molecule has 0 saturated heterocycles. The summed E-state index contributed by atoms with van der Waals surface area (Å²) in [6.07, 6.45) is 0. The summed E-state index contributed by atoms with van der Waals surface area (Å²) < 4.78 is 0. The fourth-order valence-electron chi connectivity index (χ4n) is 0. The normalized spacial score (nSPS) is 0. The third-order valence-electron chi connectivity index (χ3n) is 0. The molecule has 0 rings (SSSR count). The van der Waals surface area contributed by atoms with Crippen LogP contribution < -0.4 is 0 Å². The summed E-state index contributed by atoms with van der Waals surface area (Å²) in [4.78, 5) is 0. The van der Waals surface area contributed by atoms with E-state index < -0.39 is 0 Å². The van der Waals surface area contributed by atoms with E-state index in [4.69, 9.17) is 0 Å². The molecule has 0 N–H and O–H groups in total. The SMILES string of the molecule is [AlH3].[BiH3].[Cr].[Cu].[InH3].[MgH2].[Mn].[SnH2]. The second-order valence-corrected chi connectivity index (χ2v) is 0. The first-order valence-corrected chi connectivity index (χ1v) is 0. The molecule has 8 heteroatoms. The van der Waals surface area contributed by atoms with Gasteiger partial charge in [-0.05, 0) is 0 Å². The van der Waals surface area contributed by atoms with Gasteiger partial charge in [-0.15, -0.1) is 0 Å². The molecule has 0 bridgehead atoms. The molecule has 4 radical (unpaired) electrons. The molecule has 0 spiro atoms. The number of hydrogen-bond donors (Lipinski definition) is 0. The standard InChI is InChI=1S/Al.Bi.Cr.Cu.In.Mg.Mn.Sn.13H. The number of hydrogen-bond acceptors (Lipinski definition) is 0. The zero-order valence-electron chi connectivity index (χ0n) is 2.50. The van der Waals surface area contributed by atoms with E-state index in [-0.39, 0.29) is 168 Å². The van der Waals surface area contributed by atoms with E-state index >= 15 is 0 Å². The molecule has 8 heavy (non-hydrogen) atoms. The van der Waals surface area contributed by atoms with Gasteiger partial charge in [0.15, 0.2) is 17.4 Å². The average molecular weight is 677 g/mol. The first kappa shape index (κ1) is 70.4. The molecular weight excluding hydrogens is 664 g/mol. The van der Waals surface area contributed by atoms with Crippen LogP contribution in [0.5, 0.6) is 0 Å². The van der Waals surface area contributed by atoms with Crippen molar-refractivity contribution in [3.05, 3.63) is 0 Å². The summed E-state index contributed by atoms with van der Waals surface area (Å²) in [7, 11) is 0. The van der Waals surface area contributed by atoms with Gasteiger partial charge in [0, 0.05) is 51.5 Å². The summed E-state index contributed by atoms with van der Waals surface area (Å²) in [5, 5.41) is 0. The third kappa shape index (κ3) is 42.2. The van der Waals surface area contributed by atoms with Crippen LogP contribution in [-0.2, 0) is 51.5 Å². The van der Waals surface area contributed by atoms with Crippen molar-refractivity contribution in [2.45, 2.75) is 0 Å². The molecule has 0 amide bonds. The minimum atomic E-state index is 0. The van der Waals surface area contributed by atoms with Crippen LogP contribution in [0.25, 0.3) is 0 Å². The Morgan fingerprint density at radius 1 is 1.00 bits per heavy atom. The Morgan fingerprint density at radius 2 is 1.00 bits per heavy atom. The van der Waals surface area contributed by atoms with Crippen molar-refractivity contribution in [3.63, 3.8) is 0 Å². The van der Waals surface area contributed by atoms with E-state index in [1.807, 2.05) is 0 Å². The molecule has 0 aromatic heterocycles. The van der Waals surface area contributed by atoms with Gasteiger partial charge in [-0.25, -0.2) is 0 Å². The van der Waals surface area contributed by atoms with Crippen LogP contribution >= 0.6 is 0 Å². The Kier molecular flexibility index (Phi) is 485. The van der Waals surface area contributed by atoms with Gasteiger partial charge in [-0.1, -0.05) is 0 Å². The molecule has 0 unspecified atom stereocenters. The van der Waals surface area contributed by atoms with Gasteiger partial charge >= 0.3 is 99.0 Å². The van der Waals surface area contributed by atoms with Gasteiger partial charge in [-0.3, -0.25) is 0 Å². The van der Waals surface area contributed by atoms with Crippen LogP contribution in [-0.4, -0.2) is 116 Å². The molecule has 0 nitrogen and oxygen atoms in total. The Labute approximate surface area is 164 Å². The van der Waals surface area contributed by atoms with Crippen molar-refractivity contribution in [2.24, 2.45) is 0 Å². The Bertz CT molecular complexity index is 24.0. The van der Waals surface area contributed by atoms with Crippen LogP contribution in [0.3, 0.4) is 0 Å². The van der Waals surface area contributed by atoms with Crippen molar-refractivity contribution in [1.29, 1.82) is 0 Å². The maximum atomic E-state index is 0. The predicted octanol–water partition coefficient (Wildman–Crippen LogP) is -5.39. The van der Waals surface area contributed by atoms with Crippen LogP contribution in [0.15, 0.2) is 0 Å². The summed E-state index contributed by atoms with van der Waals surface area (Å²) in [5.41, 5.74) is 0. The van der Waals surface area contributed by atoms with Crippen LogP contribution in [0, 0.1) is 0 Å². The molecule has 0 aliphatic heterocycles. The topological polar surface area (TPSA) is 0 Å². The average Bonchev–Trinajstić information content (AvgIpc) is 0. The summed E-state index contributed by atoms with van der Waals surface area (Å²) >= 11 is 0. The van der Waals surface area contributed by atoms with Crippen LogP contribution in [0.2, 0.25) is 0 Å². The molecule has 0 aromatic carbocycles. The summed E-state index contributed by atoms with van der Waals surface area (Å²) in [6, 6.07) is 0. The van der Waals surface area contributed by atoms with E-state index in [0.717, 1.165) is 0 Å². The molecule has 0 heterocycles. The van der Waals surface area contributed by atoms with Crippen molar-refractivity contribution in [3.8, 4) is 0 Å². The molecule has 0 saturated carbocycles. The second-order valence-electron chi connectivity index (χ2n) is 0. The summed E-state index contributed by atoms with van der Waals surface area (Å²) in [5.74, 6) is 0. The van der Waals surface area contributed by atoms with E-state index in [1.54, 1.807) is 0 Å².